The van der Waals surface area contributed by atoms with Gasteiger partial charge in [0.1, 0.15) is 12.4 Å². The molecule has 2 aromatic carbocycles. The number of hydrogen-bond acceptors (Lipinski definition) is 3. The molecule has 1 N–H and O–H groups in total. The predicted octanol–water partition coefficient (Wildman–Crippen LogP) is 3.30. The first-order valence-corrected chi connectivity index (χ1v) is 7.29. The summed E-state index contributed by atoms with van der Waals surface area (Å²) in [6.07, 6.45) is -0.455. The second kappa shape index (κ2) is 8.20. The van der Waals surface area contributed by atoms with Crippen LogP contribution in [-0.2, 0) is 22.6 Å². The van der Waals surface area contributed by atoms with Gasteiger partial charge in [-0.15, -0.1) is 0 Å². The number of ether oxygens (including phenoxy) is 2. The van der Waals surface area contributed by atoms with Crippen molar-refractivity contribution in [1.82, 2.24) is 0 Å². The highest BCUT2D eigenvalue weighted by atomic mass is 16.5. The number of carbonyl (C=O) groups is 1. The number of carboxylic acid groups (broad SMARTS) is 1. The lowest BCUT2D eigenvalue weighted by Gasteiger charge is -2.13. The summed E-state index contributed by atoms with van der Waals surface area (Å²) in [5.41, 5.74) is 2.02. The van der Waals surface area contributed by atoms with E-state index >= 15 is 0 Å². The molecule has 0 aliphatic rings. The smallest absolute Gasteiger partial charge is 0.333 e. The zero-order chi connectivity index (χ0) is 15.8. The number of carboxylic acids is 1. The van der Waals surface area contributed by atoms with E-state index in [-0.39, 0.29) is 0 Å². The molecule has 0 aromatic heterocycles. The van der Waals surface area contributed by atoms with Gasteiger partial charge in [-0.05, 0) is 30.2 Å². The fraction of sp³-hybridized carbons (Fsp3) is 0.278. The van der Waals surface area contributed by atoms with E-state index in [1.807, 2.05) is 54.6 Å². The van der Waals surface area contributed by atoms with E-state index in [1.165, 1.54) is 0 Å². The van der Waals surface area contributed by atoms with E-state index < -0.39 is 12.1 Å². The van der Waals surface area contributed by atoms with Gasteiger partial charge < -0.3 is 14.6 Å². The molecule has 2 aromatic rings. The number of hydrogen-bond donors (Lipinski definition) is 1. The summed E-state index contributed by atoms with van der Waals surface area (Å²) in [6, 6.07) is 17.4. The third kappa shape index (κ3) is 4.90. The predicted molar refractivity (Wildman–Crippen MR) is 84.0 cm³/mol. The molecule has 0 unspecified atom stereocenters. The lowest BCUT2D eigenvalue weighted by molar-refractivity contribution is -0.149. The van der Waals surface area contributed by atoms with E-state index in [0.29, 0.717) is 19.6 Å². The summed E-state index contributed by atoms with van der Waals surface area (Å²) in [5.74, 6) is -0.179. The van der Waals surface area contributed by atoms with Crippen LogP contribution >= 0.6 is 0 Å². The molecule has 0 aliphatic carbocycles. The van der Waals surface area contributed by atoms with Gasteiger partial charge in [-0.2, -0.15) is 0 Å². The molecule has 0 amide bonds. The quantitative estimate of drug-likeness (QED) is 0.812. The Morgan fingerprint density at radius 1 is 1.05 bits per heavy atom. The highest BCUT2D eigenvalue weighted by Crippen LogP contribution is 2.16. The first kappa shape index (κ1) is 16.0. The Balaban J connectivity index is 1.91. The maximum atomic E-state index is 11.1. The van der Waals surface area contributed by atoms with Crippen LogP contribution in [0.15, 0.2) is 54.6 Å². The van der Waals surface area contributed by atoms with Gasteiger partial charge in [0.05, 0.1) is 0 Å². The van der Waals surface area contributed by atoms with E-state index in [2.05, 4.69) is 0 Å². The zero-order valence-corrected chi connectivity index (χ0v) is 12.6. The molecule has 4 heteroatoms. The Morgan fingerprint density at radius 2 is 1.73 bits per heavy atom. The molecular weight excluding hydrogens is 280 g/mol. The molecule has 0 saturated heterocycles. The molecular formula is C18H20O4. The third-order valence-corrected chi connectivity index (χ3v) is 3.24. The second-order valence-corrected chi connectivity index (χ2v) is 4.90. The van der Waals surface area contributed by atoms with Gasteiger partial charge in [0.25, 0.3) is 0 Å². The van der Waals surface area contributed by atoms with Gasteiger partial charge in [-0.3, -0.25) is 0 Å². The van der Waals surface area contributed by atoms with Crippen molar-refractivity contribution >= 4 is 5.97 Å². The van der Waals surface area contributed by atoms with Crippen molar-refractivity contribution in [1.29, 1.82) is 0 Å². The first-order chi connectivity index (χ1) is 10.7. The molecule has 0 heterocycles. The summed E-state index contributed by atoms with van der Waals surface area (Å²) < 4.78 is 10.9. The molecule has 0 saturated carbocycles. The molecule has 0 bridgehead atoms. The first-order valence-electron chi connectivity index (χ1n) is 7.29. The van der Waals surface area contributed by atoms with Crippen LogP contribution in [0.4, 0.5) is 0 Å². The van der Waals surface area contributed by atoms with E-state index in [1.54, 1.807) is 6.92 Å². The Hall–Kier alpha value is -2.33. The van der Waals surface area contributed by atoms with Crippen molar-refractivity contribution in [2.24, 2.45) is 0 Å². The van der Waals surface area contributed by atoms with Gasteiger partial charge in [0.2, 0.25) is 0 Å². The van der Waals surface area contributed by atoms with Crippen LogP contribution in [0.1, 0.15) is 18.1 Å². The van der Waals surface area contributed by atoms with Crippen molar-refractivity contribution in [3.63, 3.8) is 0 Å². The number of rotatable bonds is 8. The fourth-order valence-corrected chi connectivity index (χ4v) is 2.10. The summed E-state index contributed by atoms with van der Waals surface area (Å²) in [4.78, 5) is 11.1. The summed E-state index contributed by atoms with van der Waals surface area (Å²) in [6.45, 7) is 2.68. The maximum Gasteiger partial charge on any atom is 0.333 e. The topological polar surface area (TPSA) is 55.8 Å². The standard InChI is InChI=1S/C18H20O4/c1-2-21-17(18(19)20)12-14-8-10-16(11-9-14)22-13-15-6-4-3-5-7-15/h3-11,17H,2,12-13H2,1H3,(H,19,20)/t17-/m1/s1. The van der Waals surface area contributed by atoms with Crippen molar-refractivity contribution in [2.45, 2.75) is 26.1 Å². The average Bonchev–Trinajstić information content (AvgIpc) is 2.54. The number of aliphatic carboxylic acids is 1. The monoisotopic (exact) mass is 300 g/mol. The average molecular weight is 300 g/mol. The number of benzene rings is 2. The Kier molecular flexibility index (Phi) is 5.98. The largest absolute Gasteiger partial charge is 0.489 e. The van der Waals surface area contributed by atoms with Crippen molar-refractivity contribution in [2.75, 3.05) is 6.61 Å². The lowest BCUT2D eigenvalue weighted by atomic mass is 10.1. The maximum absolute atomic E-state index is 11.1. The highest BCUT2D eigenvalue weighted by molar-refractivity contribution is 5.72. The summed E-state index contributed by atoms with van der Waals surface area (Å²) >= 11 is 0. The second-order valence-electron chi connectivity index (χ2n) is 4.90. The molecule has 0 radical (unpaired) electrons. The fourth-order valence-electron chi connectivity index (χ4n) is 2.10. The minimum Gasteiger partial charge on any atom is -0.489 e. The molecule has 4 nitrogen and oxygen atoms in total. The van der Waals surface area contributed by atoms with E-state index in [0.717, 1.165) is 16.9 Å². The lowest BCUT2D eigenvalue weighted by Crippen LogP contribution is -2.26. The SMILES string of the molecule is CCO[C@H](Cc1ccc(OCc2ccccc2)cc1)C(=O)O. The van der Waals surface area contributed by atoms with E-state index in [4.69, 9.17) is 14.6 Å². The minimum atomic E-state index is -0.939. The Labute approximate surface area is 130 Å². The van der Waals surface area contributed by atoms with Crippen molar-refractivity contribution < 1.29 is 19.4 Å². The van der Waals surface area contributed by atoms with Crippen molar-refractivity contribution in [3.05, 3.63) is 65.7 Å². The van der Waals surface area contributed by atoms with Crippen LogP contribution in [0, 0.1) is 0 Å². The van der Waals surface area contributed by atoms with Crippen LogP contribution in [0.3, 0.4) is 0 Å². The van der Waals surface area contributed by atoms with Crippen LogP contribution in [-0.4, -0.2) is 23.8 Å². The molecule has 0 aliphatic heterocycles. The third-order valence-electron chi connectivity index (χ3n) is 3.24. The van der Waals surface area contributed by atoms with Crippen LogP contribution < -0.4 is 4.74 Å². The van der Waals surface area contributed by atoms with Crippen LogP contribution in [0.5, 0.6) is 5.75 Å². The summed E-state index contributed by atoms with van der Waals surface area (Å²) in [5, 5.41) is 9.08. The Bertz CT molecular complexity index is 578. The van der Waals surface area contributed by atoms with Crippen LogP contribution in [0.2, 0.25) is 0 Å². The van der Waals surface area contributed by atoms with E-state index in [9.17, 15) is 4.79 Å². The molecule has 0 spiro atoms. The van der Waals surface area contributed by atoms with Crippen molar-refractivity contribution in [3.8, 4) is 5.75 Å². The molecule has 1 atom stereocenters. The Morgan fingerprint density at radius 3 is 2.32 bits per heavy atom. The molecule has 22 heavy (non-hydrogen) atoms. The molecule has 2 rings (SSSR count). The van der Waals surface area contributed by atoms with Gasteiger partial charge in [-0.1, -0.05) is 42.5 Å². The normalized spacial score (nSPS) is 11.9. The highest BCUT2D eigenvalue weighted by Gasteiger charge is 2.17. The van der Waals surface area contributed by atoms with Gasteiger partial charge in [-0.25, -0.2) is 4.79 Å². The minimum absolute atomic E-state index is 0.349. The van der Waals surface area contributed by atoms with Crippen LogP contribution in [0.25, 0.3) is 0 Å². The molecule has 116 valence electrons. The zero-order valence-electron chi connectivity index (χ0n) is 12.6. The molecule has 0 fully saturated rings. The van der Waals surface area contributed by atoms with Gasteiger partial charge in [0, 0.05) is 13.0 Å². The van der Waals surface area contributed by atoms with Gasteiger partial charge in [0.15, 0.2) is 6.10 Å². The van der Waals surface area contributed by atoms with Gasteiger partial charge >= 0.3 is 5.97 Å². The summed E-state index contributed by atoms with van der Waals surface area (Å²) in [7, 11) is 0.